The Balaban J connectivity index is 1.53. The summed E-state index contributed by atoms with van der Waals surface area (Å²) in [6.07, 6.45) is 3.89. The van der Waals surface area contributed by atoms with E-state index in [0.717, 1.165) is 25.7 Å². The standard InChI is InChI=1S/C24H27ClN2O2S/c1-17(21-10-6-8-18-7-2-3-9-22(18)21)26-23-11-4-5-12-24(23)27-30(28,29)20-15-13-19(25)14-16-20/h2-3,6-10,13-17,23-24,26-27H,4-5,11-12H2,1H3/t17?,23-,24-/m0/s1. The molecule has 0 spiro atoms. The lowest BCUT2D eigenvalue weighted by molar-refractivity contribution is 0.291. The molecule has 3 aromatic rings. The number of benzene rings is 3. The molecule has 6 heteroatoms. The van der Waals surface area contributed by atoms with Gasteiger partial charge < -0.3 is 5.32 Å². The Kier molecular flexibility index (Phi) is 6.44. The fourth-order valence-electron chi connectivity index (χ4n) is 4.39. The molecular weight excluding hydrogens is 416 g/mol. The van der Waals surface area contributed by atoms with Crippen LogP contribution in [0.1, 0.15) is 44.2 Å². The van der Waals surface area contributed by atoms with E-state index in [-0.39, 0.29) is 23.0 Å². The molecule has 0 amide bonds. The van der Waals surface area contributed by atoms with E-state index in [1.807, 2.05) is 6.07 Å². The van der Waals surface area contributed by atoms with E-state index in [9.17, 15) is 8.42 Å². The minimum absolute atomic E-state index is 0.0785. The number of hydrogen-bond acceptors (Lipinski definition) is 3. The van der Waals surface area contributed by atoms with Crippen LogP contribution in [-0.4, -0.2) is 20.5 Å². The molecule has 30 heavy (non-hydrogen) atoms. The molecule has 158 valence electrons. The highest BCUT2D eigenvalue weighted by molar-refractivity contribution is 7.89. The summed E-state index contributed by atoms with van der Waals surface area (Å²) in [7, 11) is -3.59. The lowest BCUT2D eigenvalue weighted by atomic mass is 9.89. The van der Waals surface area contributed by atoms with Crippen molar-refractivity contribution in [2.45, 2.75) is 55.6 Å². The van der Waals surface area contributed by atoms with Crippen molar-refractivity contribution in [2.75, 3.05) is 0 Å². The number of hydrogen-bond donors (Lipinski definition) is 2. The molecule has 4 nitrogen and oxygen atoms in total. The second-order valence-corrected chi connectivity index (χ2v) is 10.2. The lowest BCUT2D eigenvalue weighted by Gasteiger charge is -2.35. The molecule has 1 fully saturated rings. The zero-order chi connectivity index (χ0) is 21.1. The predicted molar refractivity (Wildman–Crippen MR) is 123 cm³/mol. The van der Waals surface area contributed by atoms with Gasteiger partial charge in [0.25, 0.3) is 0 Å². The predicted octanol–water partition coefficient (Wildman–Crippen LogP) is 5.43. The maximum absolute atomic E-state index is 12.9. The van der Waals surface area contributed by atoms with Gasteiger partial charge in [0.1, 0.15) is 0 Å². The lowest BCUT2D eigenvalue weighted by Crippen LogP contribution is -2.52. The first-order valence-corrected chi connectivity index (χ1v) is 12.3. The van der Waals surface area contributed by atoms with Gasteiger partial charge in [0.2, 0.25) is 10.0 Å². The molecule has 3 aromatic carbocycles. The van der Waals surface area contributed by atoms with Gasteiger partial charge >= 0.3 is 0 Å². The monoisotopic (exact) mass is 442 g/mol. The number of sulfonamides is 1. The first kappa shape index (κ1) is 21.3. The van der Waals surface area contributed by atoms with Crippen LogP contribution in [0.25, 0.3) is 10.8 Å². The molecule has 1 aliphatic rings. The van der Waals surface area contributed by atoms with Crippen molar-refractivity contribution in [1.29, 1.82) is 0 Å². The maximum atomic E-state index is 12.9. The summed E-state index contributed by atoms with van der Waals surface area (Å²) in [6.45, 7) is 2.15. The highest BCUT2D eigenvalue weighted by Gasteiger charge is 2.30. The highest BCUT2D eigenvalue weighted by Crippen LogP contribution is 2.28. The normalized spacial score (nSPS) is 20.9. The third-order valence-corrected chi connectivity index (χ3v) is 7.71. The SMILES string of the molecule is CC(N[C@H]1CCCC[C@@H]1NS(=O)(=O)c1ccc(Cl)cc1)c1cccc2ccccc12. The number of halogens is 1. The smallest absolute Gasteiger partial charge is 0.240 e. The second-order valence-electron chi connectivity index (χ2n) is 8.03. The van der Waals surface area contributed by atoms with E-state index in [0.29, 0.717) is 5.02 Å². The van der Waals surface area contributed by atoms with Crippen molar-refractivity contribution in [3.8, 4) is 0 Å². The molecule has 0 bridgehead atoms. The average molecular weight is 443 g/mol. The van der Waals surface area contributed by atoms with Gasteiger partial charge in [-0.05, 0) is 60.4 Å². The molecule has 0 aromatic heterocycles. The third-order valence-electron chi connectivity index (χ3n) is 5.95. The van der Waals surface area contributed by atoms with Crippen LogP contribution in [0, 0.1) is 0 Å². The first-order chi connectivity index (χ1) is 14.4. The summed E-state index contributed by atoms with van der Waals surface area (Å²) in [6, 6.07) is 21.1. The Labute approximate surface area is 183 Å². The summed E-state index contributed by atoms with van der Waals surface area (Å²) in [5.41, 5.74) is 1.23. The van der Waals surface area contributed by atoms with E-state index in [2.05, 4.69) is 53.4 Å². The van der Waals surface area contributed by atoms with Crippen molar-refractivity contribution in [2.24, 2.45) is 0 Å². The van der Waals surface area contributed by atoms with Gasteiger partial charge in [-0.1, -0.05) is 66.9 Å². The Bertz CT molecular complexity index is 1110. The van der Waals surface area contributed by atoms with Crippen LogP contribution in [0.3, 0.4) is 0 Å². The summed E-state index contributed by atoms with van der Waals surface area (Å²) < 4.78 is 28.8. The maximum Gasteiger partial charge on any atom is 0.240 e. The quantitative estimate of drug-likeness (QED) is 0.534. The van der Waals surface area contributed by atoms with Crippen molar-refractivity contribution in [3.05, 3.63) is 77.3 Å². The van der Waals surface area contributed by atoms with E-state index in [1.54, 1.807) is 24.3 Å². The van der Waals surface area contributed by atoms with Gasteiger partial charge in [-0.25, -0.2) is 13.1 Å². The second kappa shape index (κ2) is 9.06. The molecule has 3 atom stereocenters. The van der Waals surface area contributed by atoms with Crippen LogP contribution in [0.15, 0.2) is 71.6 Å². The van der Waals surface area contributed by atoms with Gasteiger partial charge in [-0.15, -0.1) is 0 Å². The molecule has 0 aliphatic heterocycles. The Hall–Kier alpha value is -1.92. The summed E-state index contributed by atoms with van der Waals surface area (Å²) in [4.78, 5) is 0.248. The van der Waals surface area contributed by atoms with Crippen molar-refractivity contribution in [3.63, 3.8) is 0 Å². The van der Waals surface area contributed by atoms with Crippen LogP contribution in [0.4, 0.5) is 0 Å². The summed E-state index contributed by atoms with van der Waals surface area (Å²) in [5, 5.41) is 6.68. The largest absolute Gasteiger partial charge is 0.306 e. The van der Waals surface area contributed by atoms with Crippen LogP contribution in [0.2, 0.25) is 5.02 Å². The third kappa shape index (κ3) is 4.70. The molecule has 0 saturated heterocycles. The number of nitrogens with one attached hydrogen (secondary N) is 2. The molecule has 4 rings (SSSR count). The van der Waals surface area contributed by atoms with E-state index in [4.69, 9.17) is 11.6 Å². The van der Waals surface area contributed by atoms with E-state index >= 15 is 0 Å². The van der Waals surface area contributed by atoms with Crippen molar-refractivity contribution < 1.29 is 8.42 Å². The van der Waals surface area contributed by atoms with E-state index in [1.165, 1.54) is 16.3 Å². The minimum atomic E-state index is -3.59. The molecule has 1 unspecified atom stereocenters. The molecule has 0 heterocycles. The van der Waals surface area contributed by atoms with Crippen LogP contribution in [0.5, 0.6) is 0 Å². The van der Waals surface area contributed by atoms with Crippen LogP contribution < -0.4 is 10.0 Å². The number of fused-ring (bicyclic) bond motifs is 1. The highest BCUT2D eigenvalue weighted by atomic mass is 35.5. The molecule has 1 saturated carbocycles. The van der Waals surface area contributed by atoms with Crippen molar-refractivity contribution in [1.82, 2.24) is 10.0 Å². The van der Waals surface area contributed by atoms with Crippen molar-refractivity contribution >= 4 is 32.4 Å². The van der Waals surface area contributed by atoms with Crippen LogP contribution >= 0.6 is 11.6 Å². The van der Waals surface area contributed by atoms with Gasteiger partial charge in [-0.3, -0.25) is 0 Å². The van der Waals surface area contributed by atoms with Crippen LogP contribution in [-0.2, 0) is 10.0 Å². The molecule has 1 aliphatic carbocycles. The van der Waals surface area contributed by atoms with Gasteiger partial charge in [-0.2, -0.15) is 0 Å². The molecule has 0 radical (unpaired) electrons. The zero-order valence-electron chi connectivity index (χ0n) is 17.0. The molecule has 2 N–H and O–H groups in total. The fourth-order valence-corrected chi connectivity index (χ4v) is 5.83. The van der Waals surface area contributed by atoms with Gasteiger partial charge in [0, 0.05) is 23.1 Å². The van der Waals surface area contributed by atoms with Gasteiger partial charge in [0.05, 0.1) is 4.90 Å². The number of rotatable bonds is 6. The fraction of sp³-hybridized carbons (Fsp3) is 0.333. The topological polar surface area (TPSA) is 58.2 Å². The Morgan fingerprint density at radius 2 is 1.57 bits per heavy atom. The summed E-state index contributed by atoms with van der Waals surface area (Å²) >= 11 is 5.91. The minimum Gasteiger partial charge on any atom is -0.306 e. The Morgan fingerprint density at radius 1 is 0.900 bits per heavy atom. The molecular formula is C24H27ClN2O2S. The zero-order valence-corrected chi connectivity index (χ0v) is 18.6. The first-order valence-electron chi connectivity index (χ1n) is 10.5. The van der Waals surface area contributed by atoms with Gasteiger partial charge in [0.15, 0.2) is 0 Å². The summed E-state index contributed by atoms with van der Waals surface area (Å²) in [5.74, 6) is 0. The average Bonchev–Trinajstić information content (AvgIpc) is 2.75. The van der Waals surface area contributed by atoms with E-state index < -0.39 is 10.0 Å². The Morgan fingerprint density at radius 3 is 2.33 bits per heavy atom.